The zero-order chi connectivity index (χ0) is 11.5. The van der Waals surface area contributed by atoms with Gasteiger partial charge in [-0.1, -0.05) is 15.9 Å². The molecule has 0 amide bonds. The highest BCUT2D eigenvalue weighted by molar-refractivity contribution is 9.10. The molecule has 3 nitrogen and oxygen atoms in total. The number of nitrogens with zero attached hydrogens (tertiary/aromatic N) is 1. The van der Waals surface area contributed by atoms with Crippen molar-refractivity contribution in [2.24, 2.45) is 5.73 Å². The number of hydrogen-bond acceptors (Lipinski definition) is 3. The summed E-state index contributed by atoms with van der Waals surface area (Å²) in [4.78, 5) is 0. The molecule has 0 radical (unpaired) electrons. The van der Waals surface area contributed by atoms with Crippen molar-refractivity contribution in [2.75, 3.05) is 6.61 Å². The minimum atomic E-state index is -0.408. The van der Waals surface area contributed by atoms with Crippen molar-refractivity contribution in [3.05, 3.63) is 28.2 Å². The number of hydrogen-bond donors (Lipinski definition) is 1. The van der Waals surface area contributed by atoms with E-state index >= 15 is 0 Å². The summed E-state index contributed by atoms with van der Waals surface area (Å²) < 4.78 is 6.38. The van der Waals surface area contributed by atoms with E-state index in [-0.39, 0.29) is 0 Å². The third kappa shape index (κ3) is 3.90. The third-order valence-corrected chi connectivity index (χ3v) is 2.16. The number of rotatable bonds is 3. The molecule has 1 aromatic carbocycles. The Balaban J connectivity index is 2.85. The highest BCUT2D eigenvalue weighted by Gasteiger charge is 2.13. The van der Waals surface area contributed by atoms with Crippen molar-refractivity contribution in [1.29, 1.82) is 5.26 Å². The first-order valence-corrected chi connectivity index (χ1v) is 5.33. The molecule has 0 aliphatic heterocycles. The lowest BCUT2D eigenvalue weighted by molar-refractivity contribution is 0.242. The minimum Gasteiger partial charge on any atom is -0.490 e. The Morgan fingerprint density at radius 3 is 2.73 bits per heavy atom. The van der Waals surface area contributed by atoms with E-state index in [2.05, 4.69) is 22.0 Å². The van der Waals surface area contributed by atoms with Crippen molar-refractivity contribution in [3.63, 3.8) is 0 Å². The first kappa shape index (κ1) is 12.0. The highest BCUT2D eigenvalue weighted by atomic mass is 79.9. The zero-order valence-corrected chi connectivity index (χ0v) is 10.3. The van der Waals surface area contributed by atoms with Crippen LogP contribution in [-0.2, 0) is 0 Å². The van der Waals surface area contributed by atoms with Gasteiger partial charge >= 0.3 is 0 Å². The van der Waals surface area contributed by atoms with Gasteiger partial charge in [-0.3, -0.25) is 0 Å². The maximum atomic E-state index is 8.86. The first-order chi connectivity index (χ1) is 6.92. The predicted octanol–water partition coefficient (Wildman–Crippen LogP) is 2.44. The highest BCUT2D eigenvalue weighted by Crippen LogP contribution is 2.23. The van der Waals surface area contributed by atoms with Crippen molar-refractivity contribution < 1.29 is 4.74 Å². The lowest BCUT2D eigenvalue weighted by Crippen LogP contribution is -2.38. The molecule has 15 heavy (non-hydrogen) atoms. The lowest BCUT2D eigenvalue weighted by Gasteiger charge is -2.19. The van der Waals surface area contributed by atoms with Gasteiger partial charge in [0.25, 0.3) is 0 Å². The average Bonchev–Trinajstić information content (AvgIpc) is 2.14. The summed E-state index contributed by atoms with van der Waals surface area (Å²) in [5, 5.41) is 8.86. The Labute approximate surface area is 98.0 Å². The van der Waals surface area contributed by atoms with Gasteiger partial charge in [-0.05, 0) is 32.0 Å². The van der Waals surface area contributed by atoms with Gasteiger partial charge in [-0.2, -0.15) is 5.26 Å². The molecule has 80 valence electrons. The van der Waals surface area contributed by atoms with Crippen LogP contribution in [0.25, 0.3) is 0 Å². The second-order valence-electron chi connectivity index (χ2n) is 4.03. The second kappa shape index (κ2) is 4.65. The summed E-state index contributed by atoms with van der Waals surface area (Å²) in [6.07, 6.45) is 0. The van der Waals surface area contributed by atoms with Gasteiger partial charge in [0.1, 0.15) is 18.4 Å². The molecular weight excluding hydrogens is 256 g/mol. The van der Waals surface area contributed by atoms with Crippen LogP contribution in [-0.4, -0.2) is 12.1 Å². The predicted molar refractivity (Wildman–Crippen MR) is 62.6 cm³/mol. The normalized spacial score (nSPS) is 10.9. The second-order valence-corrected chi connectivity index (χ2v) is 4.95. The minimum absolute atomic E-state index is 0.373. The van der Waals surface area contributed by atoms with E-state index < -0.39 is 5.54 Å². The van der Waals surface area contributed by atoms with Gasteiger partial charge in [0.15, 0.2) is 0 Å². The fraction of sp³-hybridized carbons (Fsp3) is 0.364. The summed E-state index contributed by atoms with van der Waals surface area (Å²) in [6.45, 7) is 4.12. The molecule has 0 saturated carbocycles. The van der Waals surface area contributed by atoms with E-state index in [4.69, 9.17) is 15.7 Å². The fourth-order valence-corrected chi connectivity index (χ4v) is 1.31. The Morgan fingerprint density at radius 2 is 2.20 bits per heavy atom. The maximum absolute atomic E-state index is 8.86. The Morgan fingerprint density at radius 1 is 1.53 bits per heavy atom. The molecule has 0 atom stereocenters. The van der Waals surface area contributed by atoms with Crippen LogP contribution in [0.1, 0.15) is 19.4 Å². The van der Waals surface area contributed by atoms with E-state index in [0.717, 1.165) is 4.47 Å². The average molecular weight is 269 g/mol. The summed E-state index contributed by atoms with van der Waals surface area (Å²) in [7, 11) is 0. The Kier molecular flexibility index (Phi) is 3.72. The van der Waals surface area contributed by atoms with Crippen LogP contribution in [0.3, 0.4) is 0 Å². The van der Waals surface area contributed by atoms with Gasteiger partial charge < -0.3 is 10.5 Å². The van der Waals surface area contributed by atoms with E-state index in [0.29, 0.717) is 17.9 Å². The van der Waals surface area contributed by atoms with Crippen LogP contribution < -0.4 is 10.5 Å². The molecule has 0 bridgehead atoms. The Hall–Kier alpha value is -1.05. The van der Waals surface area contributed by atoms with Crippen molar-refractivity contribution >= 4 is 15.9 Å². The lowest BCUT2D eigenvalue weighted by atomic mass is 10.1. The molecule has 0 fully saturated rings. The van der Waals surface area contributed by atoms with Crippen molar-refractivity contribution in [1.82, 2.24) is 0 Å². The number of nitriles is 1. The molecule has 0 aromatic heterocycles. The molecule has 0 aliphatic carbocycles. The number of ether oxygens (including phenoxy) is 1. The summed E-state index contributed by atoms with van der Waals surface area (Å²) in [5.41, 5.74) is 5.90. The fourth-order valence-electron chi connectivity index (χ4n) is 0.972. The Bertz CT molecular complexity index is 391. The van der Waals surface area contributed by atoms with Gasteiger partial charge in [0, 0.05) is 10.0 Å². The molecule has 0 unspecified atom stereocenters. The van der Waals surface area contributed by atoms with E-state index in [1.165, 1.54) is 0 Å². The molecule has 1 rings (SSSR count). The summed E-state index contributed by atoms with van der Waals surface area (Å²) >= 11 is 3.33. The van der Waals surface area contributed by atoms with Crippen LogP contribution >= 0.6 is 15.9 Å². The van der Waals surface area contributed by atoms with E-state index in [1.54, 1.807) is 18.2 Å². The number of nitrogens with two attached hydrogens (primary N) is 1. The molecule has 0 saturated heterocycles. The smallest absolute Gasteiger partial charge is 0.138 e. The van der Waals surface area contributed by atoms with Crippen LogP contribution in [0.15, 0.2) is 22.7 Å². The van der Waals surface area contributed by atoms with Crippen LogP contribution in [0.5, 0.6) is 5.75 Å². The van der Waals surface area contributed by atoms with Crippen molar-refractivity contribution in [2.45, 2.75) is 19.4 Å². The van der Waals surface area contributed by atoms with Gasteiger partial charge in [-0.15, -0.1) is 0 Å². The largest absolute Gasteiger partial charge is 0.490 e. The summed E-state index contributed by atoms with van der Waals surface area (Å²) in [6, 6.07) is 7.36. The SMILES string of the molecule is CC(C)(N)COc1cc(Br)ccc1C#N. The quantitative estimate of drug-likeness (QED) is 0.916. The topological polar surface area (TPSA) is 59.0 Å². The third-order valence-electron chi connectivity index (χ3n) is 1.66. The van der Waals surface area contributed by atoms with Gasteiger partial charge in [0.2, 0.25) is 0 Å². The van der Waals surface area contributed by atoms with Crippen LogP contribution in [0.2, 0.25) is 0 Å². The molecule has 0 aliphatic rings. The molecule has 0 spiro atoms. The zero-order valence-electron chi connectivity index (χ0n) is 8.75. The maximum Gasteiger partial charge on any atom is 0.138 e. The monoisotopic (exact) mass is 268 g/mol. The van der Waals surface area contributed by atoms with Gasteiger partial charge in [-0.25, -0.2) is 0 Å². The molecule has 2 N–H and O–H groups in total. The number of benzene rings is 1. The first-order valence-electron chi connectivity index (χ1n) is 4.54. The van der Waals surface area contributed by atoms with Gasteiger partial charge in [0.05, 0.1) is 5.56 Å². The molecular formula is C11H13BrN2O. The van der Waals surface area contributed by atoms with Crippen LogP contribution in [0.4, 0.5) is 0 Å². The molecule has 0 heterocycles. The van der Waals surface area contributed by atoms with E-state index in [1.807, 2.05) is 13.8 Å². The molecule has 1 aromatic rings. The van der Waals surface area contributed by atoms with E-state index in [9.17, 15) is 0 Å². The standard InChI is InChI=1S/C11H13BrN2O/c1-11(2,14)7-15-10-5-9(12)4-3-8(10)6-13/h3-5H,7,14H2,1-2H3. The number of halogens is 1. The van der Waals surface area contributed by atoms with Crippen molar-refractivity contribution in [3.8, 4) is 11.8 Å². The van der Waals surface area contributed by atoms with Crippen LogP contribution in [0, 0.1) is 11.3 Å². The summed E-state index contributed by atoms with van der Waals surface area (Å²) in [5.74, 6) is 0.561. The molecule has 4 heteroatoms.